The molecule has 2 N–H and O–H groups in total. The van der Waals surface area contributed by atoms with Gasteiger partial charge in [0.05, 0.1) is 12.2 Å². The van der Waals surface area contributed by atoms with Crippen molar-refractivity contribution in [3.8, 4) is 11.5 Å². The van der Waals surface area contributed by atoms with Crippen LogP contribution in [0.3, 0.4) is 0 Å². The molecule has 0 saturated heterocycles. The summed E-state index contributed by atoms with van der Waals surface area (Å²) in [5, 5.41) is 6.61. The van der Waals surface area contributed by atoms with Crippen molar-refractivity contribution in [1.82, 2.24) is 20.5 Å². The number of guanidine groups is 1. The van der Waals surface area contributed by atoms with Gasteiger partial charge < -0.3 is 20.0 Å². The molecule has 0 spiro atoms. The van der Waals surface area contributed by atoms with Crippen LogP contribution in [-0.4, -0.2) is 49.1 Å². The summed E-state index contributed by atoms with van der Waals surface area (Å²) in [5.41, 5.74) is 3.05. The van der Waals surface area contributed by atoms with Gasteiger partial charge in [0.1, 0.15) is 6.26 Å². The SMILES string of the molecule is CCC(C)N(C)CCNC(=NC)NCc1coc(-c2ccc(C)cc2)n1. The molecule has 0 aliphatic heterocycles. The minimum atomic E-state index is 0.566. The third-order valence-electron chi connectivity index (χ3n) is 4.61. The van der Waals surface area contributed by atoms with Gasteiger partial charge >= 0.3 is 0 Å². The zero-order chi connectivity index (χ0) is 18.9. The van der Waals surface area contributed by atoms with E-state index < -0.39 is 0 Å². The van der Waals surface area contributed by atoms with Crippen molar-refractivity contribution < 1.29 is 4.42 Å². The highest BCUT2D eigenvalue weighted by molar-refractivity contribution is 5.79. The Kier molecular flexibility index (Phi) is 7.66. The van der Waals surface area contributed by atoms with Crippen molar-refractivity contribution in [1.29, 1.82) is 0 Å². The molecule has 26 heavy (non-hydrogen) atoms. The zero-order valence-electron chi connectivity index (χ0n) is 16.5. The summed E-state index contributed by atoms with van der Waals surface area (Å²) in [4.78, 5) is 11.1. The summed E-state index contributed by atoms with van der Waals surface area (Å²) in [7, 11) is 3.92. The standard InChI is InChI=1S/C20H31N5O/c1-6-16(3)25(5)12-11-22-20(21-4)23-13-18-14-26-19(24-18)17-9-7-15(2)8-10-17/h7-10,14,16H,6,11-13H2,1-5H3,(H2,21,22,23). The molecule has 0 fully saturated rings. The first kappa shape index (κ1) is 20.0. The lowest BCUT2D eigenvalue weighted by molar-refractivity contribution is 0.255. The van der Waals surface area contributed by atoms with Gasteiger partial charge in [-0.05, 0) is 39.4 Å². The van der Waals surface area contributed by atoms with E-state index in [1.165, 1.54) is 5.56 Å². The normalized spacial score (nSPS) is 13.1. The maximum atomic E-state index is 5.59. The van der Waals surface area contributed by atoms with Crippen molar-refractivity contribution in [3.05, 3.63) is 41.8 Å². The minimum absolute atomic E-state index is 0.566. The van der Waals surface area contributed by atoms with E-state index in [1.807, 2.05) is 12.1 Å². The Labute approximate surface area is 156 Å². The van der Waals surface area contributed by atoms with Gasteiger partial charge in [0, 0.05) is 31.7 Å². The van der Waals surface area contributed by atoms with Crippen molar-refractivity contribution in [2.45, 2.75) is 39.8 Å². The highest BCUT2D eigenvalue weighted by Crippen LogP contribution is 2.18. The van der Waals surface area contributed by atoms with Crippen LogP contribution in [0.15, 0.2) is 39.9 Å². The van der Waals surface area contributed by atoms with Crippen LogP contribution in [0, 0.1) is 6.92 Å². The van der Waals surface area contributed by atoms with Crippen molar-refractivity contribution in [3.63, 3.8) is 0 Å². The van der Waals surface area contributed by atoms with Crippen LogP contribution in [0.1, 0.15) is 31.5 Å². The molecule has 1 aromatic carbocycles. The van der Waals surface area contributed by atoms with E-state index in [2.05, 4.69) is 65.5 Å². The second-order valence-electron chi connectivity index (χ2n) is 6.60. The molecule has 0 amide bonds. The highest BCUT2D eigenvalue weighted by Gasteiger charge is 2.08. The van der Waals surface area contributed by atoms with E-state index in [0.717, 1.165) is 36.7 Å². The van der Waals surface area contributed by atoms with Crippen LogP contribution in [0.5, 0.6) is 0 Å². The maximum Gasteiger partial charge on any atom is 0.226 e. The molecule has 1 aromatic heterocycles. The predicted molar refractivity (Wildman–Crippen MR) is 107 cm³/mol. The predicted octanol–water partition coefficient (Wildman–Crippen LogP) is 3.05. The molecule has 0 saturated carbocycles. The fraction of sp³-hybridized carbons (Fsp3) is 0.500. The van der Waals surface area contributed by atoms with Crippen LogP contribution in [0.4, 0.5) is 0 Å². The topological polar surface area (TPSA) is 65.7 Å². The number of hydrogen-bond donors (Lipinski definition) is 2. The number of aromatic nitrogens is 1. The van der Waals surface area contributed by atoms with Crippen molar-refractivity contribution in [2.75, 3.05) is 27.2 Å². The molecule has 0 radical (unpaired) electrons. The highest BCUT2D eigenvalue weighted by atomic mass is 16.3. The first-order valence-corrected chi connectivity index (χ1v) is 9.19. The number of nitrogens with zero attached hydrogens (tertiary/aromatic N) is 3. The summed E-state index contributed by atoms with van der Waals surface area (Å²) >= 11 is 0. The Balaban J connectivity index is 1.81. The maximum absolute atomic E-state index is 5.59. The summed E-state index contributed by atoms with van der Waals surface area (Å²) < 4.78 is 5.59. The van der Waals surface area contributed by atoms with E-state index in [1.54, 1.807) is 13.3 Å². The summed E-state index contributed by atoms with van der Waals surface area (Å²) in [6.45, 7) is 8.89. The lowest BCUT2D eigenvalue weighted by Crippen LogP contribution is -2.42. The van der Waals surface area contributed by atoms with Crippen molar-refractivity contribution >= 4 is 5.96 Å². The van der Waals surface area contributed by atoms with E-state index >= 15 is 0 Å². The monoisotopic (exact) mass is 357 g/mol. The first-order chi connectivity index (χ1) is 12.5. The Hall–Kier alpha value is -2.34. The number of hydrogen-bond acceptors (Lipinski definition) is 4. The molecule has 142 valence electrons. The Morgan fingerprint density at radius 3 is 2.65 bits per heavy atom. The zero-order valence-corrected chi connectivity index (χ0v) is 16.5. The van der Waals surface area contributed by atoms with E-state index in [4.69, 9.17) is 4.42 Å². The van der Waals surface area contributed by atoms with Crippen LogP contribution < -0.4 is 10.6 Å². The molecule has 1 atom stereocenters. The van der Waals surface area contributed by atoms with Gasteiger partial charge in [0.15, 0.2) is 5.96 Å². The van der Waals surface area contributed by atoms with Gasteiger partial charge in [-0.1, -0.05) is 24.6 Å². The molecule has 6 nitrogen and oxygen atoms in total. The fourth-order valence-corrected chi connectivity index (χ4v) is 2.49. The number of nitrogens with one attached hydrogen (secondary N) is 2. The van der Waals surface area contributed by atoms with E-state index in [9.17, 15) is 0 Å². The largest absolute Gasteiger partial charge is 0.444 e. The average molecular weight is 358 g/mol. The summed E-state index contributed by atoms with van der Waals surface area (Å²) in [6.07, 6.45) is 2.84. The first-order valence-electron chi connectivity index (χ1n) is 9.19. The van der Waals surface area contributed by atoms with Crippen LogP contribution >= 0.6 is 0 Å². The van der Waals surface area contributed by atoms with Gasteiger partial charge in [-0.2, -0.15) is 0 Å². The molecule has 1 unspecified atom stereocenters. The molecule has 2 aromatic rings. The Morgan fingerprint density at radius 1 is 1.27 bits per heavy atom. The number of oxazole rings is 1. The van der Waals surface area contributed by atoms with Crippen LogP contribution in [-0.2, 0) is 6.54 Å². The van der Waals surface area contributed by atoms with Gasteiger partial charge in [0.25, 0.3) is 0 Å². The number of benzene rings is 1. The minimum Gasteiger partial charge on any atom is -0.444 e. The average Bonchev–Trinajstić information content (AvgIpc) is 3.13. The molecular weight excluding hydrogens is 326 g/mol. The molecular formula is C20H31N5O. The van der Waals surface area contributed by atoms with Crippen LogP contribution in [0.2, 0.25) is 0 Å². The summed E-state index contributed by atoms with van der Waals surface area (Å²) in [6, 6.07) is 8.74. The molecule has 0 bridgehead atoms. The third-order valence-corrected chi connectivity index (χ3v) is 4.61. The molecule has 0 aliphatic rings. The van der Waals surface area contributed by atoms with E-state index in [0.29, 0.717) is 18.5 Å². The number of aliphatic imine (C=N–C) groups is 1. The quantitative estimate of drug-likeness (QED) is 0.561. The molecule has 6 heteroatoms. The third kappa shape index (κ3) is 5.88. The Morgan fingerprint density at radius 2 is 2.00 bits per heavy atom. The second-order valence-corrected chi connectivity index (χ2v) is 6.60. The molecule has 1 heterocycles. The summed E-state index contributed by atoms with van der Waals surface area (Å²) in [5.74, 6) is 1.40. The van der Waals surface area contributed by atoms with Gasteiger partial charge in [-0.15, -0.1) is 0 Å². The van der Waals surface area contributed by atoms with Crippen LogP contribution in [0.25, 0.3) is 11.5 Å². The van der Waals surface area contributed by atoms with Crippen molar-refractivity contribution in [2.24, 2.45) is 4.99 Å². The number of likely N-dealkylation sites (N-methyl/N-ethyl adjacent to an activating group) is 1. The number of rotatable bonds is 8. The fourth-order valence-electron chi connectivity index (χ4n) is 2.49. The Bertz CT molecular complexity index is 692. The van der Waals surface area contributed by atoms with Gasteiger partial charge in [-0.25, -0.2) is 4.98 Å². The van der Waals surface area contributed by atoms with E-state index in [-0.39, 0.29) is 0 Å². The molecule has 2 rings (SSSR count). The second kappa shape index (κ2) is 9.97. The molecule has 0 aliphatic carbocycles. The lowest BCUT2D eigenvalue weighted by Gasteiger charge is -2.23. The number of aryl methyl sites for hydroxylation is 1. The van der Waals surface area contributed by atoms with Gasteiger partial charge in [-0.3, -0.25) is 4.99 Å². The van der Waals surface area contributed by atoms with Gasteiger partial charge in [0.2, 0.25) is 5.89 Å². The smallest absolute Gasteiger partial charge is 0.226 e. The lowest BCUT2D eigenvalue weighted by atomic mass is 10.1.